The third kappa shape index (κ3) is 4.15. The monoisotopic (exact) mass is 263 g/mol. The molecule has 0 bridgehead atoms. The fourth-order valence-corrected chi connectivity index (χ4v) is 1.58. The maximum Gasteiger partial charge on any atom is 0.165 e. The van der Waals surface area contributed by atoms with Crippen LogP contribution in [0, 0.1) is 5.82 Å². The van der Waals surface area contributed by atoms with Crippen LogP contribution in [0.1, 0.15) is 31.4 Å². The second kappa shape index (κ2) is 7.48. The maximum absolute atomic E-state index is 13.2. The number of ether oxygens (including phenoxy) is 1. The van der Waals surface area contributed by atoms with Crippen molar-refractivity contribution < 1.29 is 14.2 Å². The second-order valence-electron chi connectivity index (χ2n) is 3.78. The van der Waals surface area contributed by atoms with Crippen LogP contribution in [0.5, 0.6) is 5.75 Å². The molecule has 3 nitrogen and oxygen atoms in total. The molecule has 0 amide bonds. The van der Waals surface area contributed by atoms with Crippen molar-refractivity contribution in [3.8, 4) is 5.75 Å². The molecule has 0 spiro atoms. The summed E-state index contributed by atoms with van der Waals surface area (Å²) in [5.74, 6) is -0.278. The molecule has 3 N–H and O–H groups in total. The van der Waals surface area contributed by atoms with Crippen LogP contribution in [0.15, 0.2) is 18.2 Å². The standard InChI is InChI=1S/C12H18FNO2.ClH/c1-3-4-10(15)12(14)8-5-6-9(13)11(7-8)16-2;/h5-7,10,12,15H,3-4,14H2,1-2H3;1H/t10-,12+;/m0./s1. The highest BCUT2D eigenvalue weighted by Crippen LogP contribution is 2.24. The van der Waals surface area contributed by atoms with Gasteiger partial charge in [0.05, 0.1) is 19.3 Å². The maximum atomic E-state index is 13.2. The molecule has 2 atom stereocenters. The third-order valence-electron chi connectivity index (χ3n) is 2.56. The van der Waals surface area contributed by atoms with Gasteiger partial charge in [0.2, 0.25) is 0 Å². The molecular formula is C12H19ClFNO2. The van der Waals surface area contributed by atoms with E-state index < -0.39 is 18.0 Å². The van der Waals surface area contributed by atoms with Crippen molar-refractivity contribution in [3.63, 3.8) is 0 Å². The van der Waals surface area contributed by atoms with Gasteiger partial charge >= 0.3 is 0 Å². The molecule has 0 aromatic heterocycles. The lowest BCUT2D eigenvalue weighted by atomic mass is 9.99. The van der Waals surface area contributed by atoms with Crippen molar-refractivity contribution in [2.24, 2.45) is 5.73 Å². The lowest BCUT2D eigenvalue weighted by molar-refractivity contribution is 0.134. The Hall–Kier alpha value is -0.840. The number of benzene rings is 1. The van der Waals surface area contributed by atoms with E-state index in [1.807, 2.05) is 6.92 Å². The summed E-state index contributed by atoms with van der Waals surface area (Å²) >= 11 is 0. The molecule has 0 fully saturated rings. The van der Waals surface area contributed by atoms with Gasteiger partial charge in [0.1, 0.15) is 0 Å². The third-order valence-corrected chi connectivity index (χ3v) is 2.56. The van der Waals surface area contributed by atoms with Gasteiger partial charge in [0.25, 0.3) is 0 Å². The van der Waals surface area contributed by atoms with Crippen molar-refractivity contribution in [1.29, 1.82) is 0 Å². The van der Waals surface area contributed by atoms with Crippen LogP contribution in [0.2, 0.25) is 0 Å². The van der Waals surface area contributed by atoms with E-state index in [2.05, 4.69) is 0 Å². The average Bonchev–Trinajstić information content (AvgIpc) is 2.29. The van der Waals surface area contributed by atoms with E-state index in [-0.39, 0.29) is 18.2 Å². The Bertz CT molecular complexity index is 349. The largest absolute Gasteiger partial charge is 0.494 e. The summed E-state index contributed by atoms with van der Waals surface area (Å²) in [6.07, 6.45) is 0.869. The number of hydrogen-bond acceptors (Lipinski definition) is 3. The van der Waals surface area contributed by atoms with Crippen molar-refractivity contribution in [3.05, 3.63) is 29.6 Å². The van der Waals surface area contributed by atoms with Crippen LogP contribution in [0.4, 0.5) is 4.39 Å². The Morgan fingerprint density at radius 1 is 1.47 bits per heavy atom. The lowest BCUT2D eigenvalue weighted by Crippen LogP contribution is -2.26. The van der Waals surface area contributed by atoms with E-state index in [0.29, 0.717) is 12.0 Å². The smallest absolute Gasteiger partial charge is 0.165 e. The van der Waals surface area contributed by atoms with Gasteiger partial charge in [-0.3, -0.25) is 0 Å². The highest BCUT2D eigenvalue weighted by molar-refractivity contribution is 5.85. The minimum Gasteiger partial charge on any atom is -0.494 e. The Morgan fingerprint density at radius 3 is 2.65 bits per heavy atom. The average molecular weight is 264 g/mol. The van der Waals surface area contributed by atoms with Gasteiger partial charge in [-0.25, -0.2) is 4.39 Å². The highest BCUT2D eigenvalue weighted by Gasteiger charge is 2.17. The first-order valence-electron chi connectivity index (χ1n) is 5.37. The molecule has 0 aliphatic rings. The zero-order valence-electron chi connectivity index (χ0n) is 10.0. The van der Waals surface area contributed by atoms with E-state index >= 15 is 0 Å². The molecule has 0 aliphatic heterocycles. The molecule has 0 heterocycles. The summed E-state index contributed by atoms with van der Waals surface area (Å²) in [5, 5.41) is 9.74. The molecule has 0 saturated carbocycles. The van der Waals surface area contributed by atoms with Crippen LogP contribution in [0.3, 0.4) is 0 Å². The summed E-state index contributed by atoms with van der Waals surface area (Å²) < 4.78 is 18.0. The van der Waals surface area contributed by atoms with Crippen LogP contribution >= 0.6 is 12.4 Å². The van der Waals surface area contributed by atoms with Gasteiger partial charge < -0.3 is 15.6 Å². The van der Waals surface area contributed by atoms with Gasteiger partial charge in [0.15, 0.2) is 11.6 Å². The van der Waals surface area contributed by atoms with Gasteiger partial charge in [-0.1, -0.05) is 19.4 Å². The second-order valence-corrected chi connectivity index (χ2v) is 3.78. The Balaban J connectivity index is 0.00000256. The molecule has 0 saturated heterocycles. The van der Waals surface area contributed by atoms with Crippen LogP contribution in [-0.2, 0) is 0 Å². The topological polar surface area (TPSA) is 55.5 Å². The fraction of sp³-hybridized carbons (Fsp3) is 0.500. The summed E-state index contributed by atoms with van der Waals surface area (Å²) in [4.78, 5) is 0. The fourth-order valence-electron chi connectivity index (χ4n) is 1.58. The zero-order chi connectivity index (χ0) is 12.1. The first-order chi connectivity index (χ1) is 7.60. The summed E-state index contributed by atoms with van der Waals surface area (Å²) in [6, 6.07) is 3.89. The van der Waals surface area contributed by atoms with Crippen LogP contribution in [-0.4, -0.2) is 18.3 Å². The number of rotatable bonds is 5. The van der Waals surface area contributed by atoms with Gasteiger partial charge in [-0.2, -0.15) is 0 Å². The van der Waals surface area contributed by atoms with E-state index in [1.165, 1.54) is 19.2 Å². The number of halogens is 2. The Kier molecular flexibility index (Phi) is 7.11. The number of hydrogen-bond donors (Lipinski definition) is 2. The van der Waals surface area contributed by atoms with E-state index in [4.69, 9.17) is 10.5 Å². The van der Waals surface area contributed by atoms with Crippen LogP contribution < -0.4 is 10.5 Å². The molecule has 5 heteroatoms. The highest BCUT2D eigenvalue weighted by atomic mass is 35.5. The van der Waals surface area contributed by atoms with Crippen molar-refractivity contribution in [1.82, 2.24) is 0 Å². The van der Waals surface area contributed by atoms with Gasteiger partial charge in [-0.05, 0) is 24.1 Å². The molecule has 1 aromatic rings. The van der Waals surface area contributed by atoms with E-state index in [1.54, 1.807) is 6.07 Å². The lowest BCUT2D eigenvalue weighted by Gasteiger charge is -2.19. The van der Waals surface area contributed by atoms with Crippen molar-refractivity contribution >= 4 is 12.4 Å². The molecule has 0 radical (unpaired) electrons. The molecule has 17 heavy (non-hydrogen) atoms. The number of nitrogens with two attached hydrogens (primary N) is 1. The van der Waals surface area contributed by atoms with Gasteiger partial charge in [-0.15, -0.1) is 12.4 Å². The molecule has 98 valence electrons. The first kappa shape index (κ1) is 16.2. The molecule has 1 rings (SSSR count). The normalized spacial score (nSPS) is 13.7. The predicted molar refractivity (Wildman–Crippen MR) is 68.0 cm³/mol. The Morgan fingerprint density at radius 2 is 2.12 bits per heavy atom. The minimum atomic E-state index is -0.611. The van der Waals surface area contributed by atoms with E-state index in [0.717, 1.165) is 6.42 Å². The minimum absolute atomic E-state index is 0. The van der Waals surface area contributed by atoms with Crippen molar-refractivity contribution in [2.45, 2.75) is 31.9 Å². The molecule has 0 aliphatic carbocycles. The number of aliphatic hydroxyl groups is 1. The van der Waals surface area contributed by atoms with Crippen LogP contribution in [0.25, 0.3) is 0 Å². The summed E-state index contributed by atoms with van der Waals surface area (Å²) in [6.45, 7) is 1.97. The molecule has 0 unspecified atom stereocenters. The number of aliphatic hydroxyl groups excluding tert-OH is 1. The SMILES string of the molecule is CCC[C@H](O)[C@H](N)c1ccc(F)c(OC)c1.Cl. The predicted octanol–water partition coefficient (Wildman–Crippen LogP) is 2.42. The van der Waals surface area contributed by atoms with E-state index in [9.17, 15) is 9.50 Å². The van der Waals surface area contributed by atoms with Crippen molar-refractivity contribution in [2.75, 3.05) is 7.11 Å². The summed E-state index contributed by atoms with van der Waals surface area (Å²) in [7, 11) is 1.40. The van der Waals surface area contributed by atoms with Gasteiger partial charge in [0, 0.05) is 0 Å². The first-order valence-corrected chi connectivity index (χ1v) is 5.37. The quantitative estimate of drug-likeness (QED) is 0.858. The summed E-state index contributed by atoms with van der Waals surface area (Å²) in [5.41, 5.74) is 6.55. The number of methoxy groups -OCH3 is 1. The Labute approximate surface area is 107 Å². The zero-order valence-corrected chi connectivity index (χ0v) is 10.8. The molecule has 1 aromatic carbocycles. The molecular weight excluding hydrogens is 245 g/mol.